The first-order valence-electron chi connectivity index (χ1n) is 5.34. The summed E-state index contributed by atoms with van der Waals surface area (Å²) in [6.07, 6.45) is 1.71. The Morgan fingerprint density at radius 1 is 1.26 bits per heavy atom. The predicted octanol–water partition coefficient (Wildman–Crippen LogP) is 4.13. The third-order valence-electron chi connectivity index (χ3n) is 2.41. The Kier molecular flexibility index (Phi) is 4.49. The van der Waals surface area contributed by atoms with Crippen LogP contribution in [0.5, 0.6) is 0 Å². The Morgan fingerprint density at radius 3 is 2.68 bits per heavy atom. The first-order valence-corrected chi connectivity index (χ1v) is 6.93. The second-order valence-corrected chi connectivity index (χ2v) is 5.51. The zero-order valence-electron chi connectivity index (χ0n) is 9.64. The molecule has 7 heteroatoms. The third-order valence-corrected chi connectivity index (χ3v) is 3.57. The van der Waals surface area contributed by atoms with E-state index in [1.54, 1.807) is 12.3 Å². The average molecular weight is 387 g/mol. The van der Waals surface area contributed by atoms with Crippen LogP contribution in [0.3, 0.4) is 0 Å². The van der Waals surface area contributed by atoms with Crippen LogP contribution in [-0.4, -0.2) is 9.91 Å². The third kappa shape index (κ3) is 3.74. The summed E-state index contributed by atoms with van der Waals surface area (Å²) in [5, 5.41) is 13.8. The van der Waals surface area contributed by atoms with Gasteiger partial charge in [0.2, 0.25) is 0 Å². The van der Waals surface area contributed by atoms with E-state index in [0.717, 1.165) is 14.6 Å². The van der Waals surface area contributed by atoms with Gasteiger partial charge in [0.25, 0.3) is 5.69 Å². The minimum Gasteiger partial charge on any atom is -0.378 e. The first kappa shape index (κ1) is 14.0. The summed E-state index contributed by atoms with van der Waals surface area (Å²) in [7, 11) is 0. The number of nitrogens with one attached hydrogen (secondary N) is 1. The highest BCUT2D eigenvalue weighted by Gasteiger charge is 2.09. The number of halogens is 2. The van der Waals surface area contributed by atoms with E-state index in [2.05, 4.69) is 42.2 Å². The first-order chi connectivity index (χ1) is 9.06. The molecule has 1 aromatic carbocycles. The molecule has 5 nitrogen and oxygen atoms in total. The molecule has 0 aliphatic carbocycles. The number of aromatic nitrogens is 1. The van der Waals surface area contributed by atoms with Gasteiger partial charge in [-0.1, -0.05) is 0 Å². The quantitative estimate of drug-likeness (QED) is 0.633. The highest BCUT2D eigenvalue weighted by Crippen LogP contribution is 2.27. The standard InChI is InChI=1S/C12H9Br2N3O2/c13-8-1-2-9(15-6-8)7-16-12-5-10(17(18)19)3-4-11(12)14/h1-6,16H,7H2. The van der Waals surface area contributed by atoms with Gasteiger partial charge in [0, 0.05) is 27.3 Å². The van der Waals surface area contributed by atoms with Crippen LogP contribution in [0.1, 0.15) is 5.69 Å². The number of nitrogens with zero attached hydrogens (tertiary/aromatic N) is 2. The molecule has 0 amide bonds. The summed E-state index contributed by atoms with van der Waals surface area (Å²) in [6, 6.07) is 8.36. The van der Waals surface area contributed by atoms with E-state index in [0.29, 0.717) is 12.2 Å². The molecule has 0 spiro atoms. The molecule has 0 saturated carbocycles. The maximum atomic E-state index is 10.7. The fraction of sp³-hybridized carbons (Fsp3) is 0.0833. The second-order valence-electron chi connectivity index (χ2n) is 3.74. The Morgan fingerprint density at radius 2 is 2.05 bits per heavy atom. The lowest BCUT2D eigenvalue weighted by Crippen LogP contribution is -2.02. The van der Waals surface area contributed by atoms with Gasteiger partial charge in [0.15, 0.2) is 0 Å². The monoisotopic (exact) mass is 385 g/mol. The maximum Gasteiger partial charge on any atom is 0.271 e. The lowest BCUT2D eigenvalue weighted by molar-refractivity contribution is -0.384. The van der Waals surface area contributed by atoms with Gasteiger partial charge in [-0.25, -0.2) is 0 Å². The van der Waals surface area contributed by atoms with Crippen LogP contribution >= 0.6 is 31.9 Å². The number of nitro groups is 1. The zero-order valence-corrected chi connectivity index (χ0v) is 12.8. The van der Waals surface area contributed by atoms with Crippen LogP contribution in [0.25, 0.3) is 0 Å². The molecule has 19 heavy (non-hydrogen) atoms. The Hall–Kier alpha value is -1.47. The van der Waals surface area contributed by atoms with E-state index >= 15 is 0 Å². The molecule has 0 aliphatic heterocycles. The normalized spacial score (nSPS) is 10.2. The molecular formula is C12H9Br2N3O2. The van der Waals surface area contributed by atoms with E-state index in [1.807, 2.05) is 12.1 Å². The van der Waals surface area contributed by atoms with E-state index < -0.39 is 4.92 Å². The molecule has 1 aromatic heterocycles. The Labute approximate surface area is 126 Å². The minimum atomic E-state index is -0.421. The molecule has 2 rings (SSSR count). The highest BCUT2D eigenvalue weighted by molar-refractivity contribution is 9.10. The summed E-state index contributed by atoms with van der Waals surface area (Å²) in [4.78, 5) is 14.5. The number of benzene rings is 1. The molecule has 2 aromatic rings. The van der Waals surface area contributed by atoms with Gasteiger partial charge in [-0.2, -0.15) is 0 Å². The van der Waals surface area contributed by atoms with Crippen LogP contribution in [0.2, 0.25) is 0 Å². The van der Waals surface area contributed by atoms with Gasteiger partial charge >= 0.3 is 0 Å². The maximum absolute atomic E-state index is 10.7. The van der Waals surface area contributed by atoms with Crippen molar-refractivity contribution in [2.24, 2.45) is 0 Å². The predicted molar refractivity (Wildman–Crippen MR) is 80.1 cm³/mol. The number of anilines is 1. The van der Waals surface area contributed by atoms with Crippen molar-refractivity contribution in [2.45, 2.75) is 6.54 Å². The minimum absolute atomic E-state index is 0.0504. The van der Waals surface area contributed by atoms with Gasteiger partial charge in [0.05, 0.1) is 22.8 Å². The summed E-state index contributed by atoms with van der Waals surface area (Å²) >= 11 is 6.66. The van der Waals surface area contributed by atoms with E-state index in [9.17, 15) is 10.1 Å². The lowest BCUT2D eigenvalue weighted by atomic mass is 10.2. The van der Waals surface area contributed by atoms with Gasteiger partial charge in [-0.05, 0) is 50.1 Å². The van der Waals surface area contributed by atoms with Gasteiger partial charge in [-0.15, -0.1) is 0 Å². The van der Waals surface area contributed by atoms with Crippen molar-refractivity contribution in [1.29, 1.82) is 0 Å². The summed E-state index contributed by atoms with van der Waals surface area (Å²) in [5.74, 6) is 0. The van der Waals surface area contributed by atoms with Crippen molar-refractivity contribution in [1.82, 2.24) is 4.98 Å². The molecular weight excluding hydrogens is 378 g/mol. The van der Waals surface area contributed by atoms with Crippen molar-refractivity contribution in [2.75, 3.05) is 5.32 Å². The molecule has 0 aliphatic rings. The molecule has 1 heterocycles. The number of hydrogen-bond donors (Lipinski definition) is 1. The molecule has 0 atom stereocenters. The molecule has 0 saturated heterocycles. The molecule has 0 unspecified atom stereocenters. The van der Waals surface area contributed by atoms with Gasteiger partial charge < -0.3 is 5.32 Å². The number of nitro benzene ring substituents is 1. The van der Waals surface area contributed by atoms with E-state index in [-0.39, 0.29) is 5.69 Å². The van der Waals surface area contributed by atoms with E-state index in [1.165, 1.54) is 12.1 Å². The van der Waals surface area contributed by atoms with Crippen LogP contribution in [-0.2, 0) is 6.54 Å². The second kappa shape index (κ2) is 6.12. The number of rotatable bonds is 4. The van der Waals surface area contributed by atoms with Gasteiger partial charge in [-0.3, -0.25) is 15.1 Å². The molecule has 0 radical (unpaired) electrons. The average Bonchev–Trinajstić information content (AvgIpc) is 2.39. The number of hydrogen-bond acceptors (Lipinski definition) is 4. The van der Waals surface area contributed by atoms with Crippen molar-refractivity contribution >= 4 is 43.2 Å². The molecule has 1 N–H and O–H groups in total. The number of non-ortho nitro benzene ring substituents is 1. The topological polar surface area (TPSA) is 68.1 Å². The van der Waals surface area contributed by atoms with Crippen molar-refractivity contribution in [3.8, 4) is 0 Å². The van der Waals surface area contributed by atoms with Crippen LogP contribution in [0.15, 0.2) is 45.5 Å². The zero-order chi connectivity index (χ0) is 13.8. The SMILES string of the molecule is O=[N+]([O-])c1ccc(Br)c(NCc2ccc(Br)cn2)c1. The van der Waals surface area contributed by atoms with Crippen molar-refractivity contribution in [3.05, 3.63) is 61.3 Å². The van der Waals surface area contributed by atoms with Gasteiger partial charge in [0.1, 0.15) is 0 Å². The van der Waals surface area contributed by atoms with Crippen molar-refractivity contribution < 1.29 is 4.92 Å². The fourth-order valence-corrected chi connectivity index (χ4v) is 2.08. The smallest absolute Gasteiger partial charge is 0.271 e. The molecule has 98 valence electrons. The van der Waals surface area contributed by atoms with Crippen molar-refractivity contribution in [3.63, 3.8) is 0 Å². The number of pyridine rings is 1. The molecule has 0 fully saturated rings. The Bertz CT molecular complexity index is 602. The lowest BCUT2D eigenvalue weighted by Gasteiger charge is -2.08. The largest absolute Gasteiger partial charge is 0.378 e. The Balaban J connectivity index is 2.12. The van der Waals surface area contributed by atoms with Crippen LogP contribution in [0, 0.1) is 10.1 Å². The summed E-state index contributed by atoms with van der Waals surface area (Å²) < 4.78 is 1.68. The summed E-state index contributed by atoms with van der Waals surface area (Å²) in [6.45, 7) is 0.493. The summed E-state index contributed by atoms with van der Waals surface area (Å²) in [5.41, 5.74) is 1.56. The highest BCUT2D eigenvalue weighted by atomic mass is 79.9. The van der Waals surface area contributed by atoms with Crippen LogP contribution in [0.4, 0.5) is 11.4 Å². The van der Waals surface area contributed by atoms with E-state index in [4.69, 9.17) is 0 Å². The van der Waals surface area contributed by atoms with Crippen LogP contribution < -0.4 is 5.32 Å². The molecule has 0 bridgehead atoms. The fourth-order valence-electron chi connectivity index (χ4n) is 1.46.